The lowest BCUT2D eigenvalue weighted by Gasteiger charge is -2.10. The van der Waals surface area contributed by atoms with E-state index in [4.69, 9.17) is 16.3 Å². The molecule has 3 rings (SSSR count). The Morgan fingerprint density at radius 2 is 2.00 bits per heavy atom. The van der Waals surface area contributed by atoms with Gasteiger partial charge in [0.1, 0.15) is 10.8 Å². The van der Waals surface area contributed by atoms with Crippen molar-refractivity contribution in [3.05, 3.63) is 77.2 Å². The van der Waals surface area contributed by atoms with Crippen LogP contribution in [0.25, 0.3) is 0 Å². The molecule has 0 saturated heterocycles. The third-order valence-electron chi connectivity index (χ3n) is 3.55. The molecule has 0 radical (unpaired) electrons. The van der Waals surface area contributed by atoms with Crippen LogP contribution in [0.15, 0.2) is 66.1 Å². The van der Waals surface area contributed by atoms with Crippen LogP contribution in [-0.2, 0) is 5.75 Å². The van der Waals surface area contributed by atoms with E-state index in [0.29, 0.717) is 32.8 Å². The molecule has 3 aromatic rings. The van der Waals surface area contributed by atoms with Gasteiger partial charge in [0.25, 0.3) is 5.91 Å². The first kappa shape index (κ1) is 18.2. The van der Waals surface area contributed by atoms with Crippen molar-refractivity contribution < 1.29 is 9.53 Å². The lowest BCUT2D eigenvalue weighted by molar-refractivity contribution is 0.102. The maximum atomic E-state index is 12.7. The SMILES string of the molecule is COc1ccc(NC(=O)c2cccnc2SCc2ccncc2)cc1Cl. The van der Waals surface area contributed by atoms with Gasteiger partial charge in [-0.1, -0.05) is 11.6 Å². The highest BCUT2D eigenvalue weighted by molar-refractivity contribution is 7.98. The number of pyridine rings is 2. The minimum absolute atomic E-state index is 0.239. The van der Waals surface area contributed by atoms with Crippen LogP contribution in [-0.4, -0.2) is 23.0 Å². The van der Waals surface area contributed by atoms with Crippen molar-refractivity contribution in [2.45, 2.75) is 10.8 Å². The van der Waals surface area contributed by atoms with E-state index < -0.39 is 0 Å². The van der Waals surface area contributed by atoms with Gasteiger partial charge >= 0.3 is 0 Å². The number of nitrogens with zero attached hydrogens (tertiary/aromatic N) is 2. The lowest BCUT2D eigenvalue weighted by atomic mass is 10.2. The zero-order valence-corrected chi connectivity index (χ0v) is 15.6. The Balaban J connectivity index is 1.74. The molecular weight excluding hydrogens is 370 g/mol. The largest absolute Gasteiger partial charge is 0.495 e. The number of hydrogen-bond donors (Lipinski definition) is 1. The second kappa shape index (κ2) is 8.69. The monoisotopic (exact) mass is 385 g/mol. The van der Waals surface area contributed by atoms with Crippen molar-refractivity contribution in [2.24, 2.45) is 0 Å². The first-order chi connectivity index (χ1) is 12.7. The molecule has 132 valence electrons. The number of aromatic nitrogens is 2. The number of anilines is 1. The van der Waals surface area contributed by atoms with E-state index in [1.54, 1.807) is 56.0 Å². The number of rotatable bonds is 6. The van der Waals surface area contributed by atoms with Crippen molar-refractivity contribution in [1.29, 1.82) is 0 Å². The van der Waals surface area contributed by atoms with Crippen molar-refractivity contribution >= 4 is 35.0 Å². The lowest BCUT2D eigenvalue weighted by Crippen LogP contribution is -2.13. The highest BCUT2D eigenvalue weighted by atomic mass is 35.5. The standard InChI is InChI=1S/C19H16ClN3O2S/c1-25-17-5-4-14(11-16(17)20)23-18(24)15-3-2-8-22-19(15)26-12-13-6-9-21-10-7-13/h2-11H,12H2,1H3,(H,23,24). The molecule has 26 heavy (non-hydrogen) atoms. The Kier molecular flexibility index (Phi) is 6.09. The molecule has 0 fully saturated rings. The topological polar surface area (TPSA) is 64.1 Å². The second-order valence-corrected chi connectivity index (χ2v) is 6.67. The zero-order valence-electron chi connectivity index (χ0n) is 14.0. The Labute approximate surface area is 160 Å². The molecule has 7 heteroatoms. The van der Waals surface area contributed by atoms with E-state index in [-0.39, 0.29) is 5.91 Å². The quantitative estimate of drug-likeness (QED) is 0.624. The maximum Gasteiger partial charge on any atom is 0.258 e. The fourth-order valence-corrected chi connectivity index (χ4v) is 3.46. The minimum atomic E-state index is -0.239. The third-order valence-corrected chi connectivity index (χ3v) is 4.92. The van der Waals surface area contributed by atoms with Crippen LogP contribution >= 0.6 is 23.4 Å². The van der Waals surface area contributed by atoms with Crippen LogP contribution < -0.4 is 10.1 Å². The summed E-state index contributed by atoms with van der Waals surface area (Å²) in [6.07, 6.45) is 5.17. The first-order valence-corrected chi connectivity index (χ1v) is 9.15. The van der Waals surface area contributed by atoms with Crippen LogP contribution in [0.1, 0.15) is 15.9 Å². The summed E-state index contributed by atoms with van der Waals surface area (Å²) in [7, 11) is 1.54. The second-order valence-electron chi connectivity index (χ2n) is 5.30. The summed E-state index contributed by atoms with van der Waals surface area (Å²) in [6, 6.07) is 12.5. The van der Waals surface area contributed by atoms with Gasteiger partial charge in [0.2, 0.25) is 0 Å². The molecule has 1 N–H and O–H groups in total. The van der Waals surface area contributed by atoms with Crippen molar-refractivity contribution in [1.82, 2.24) is 9.97 Å². The molecule has 0 aliphatic heterocycles. The van der Waals surface area contributed by atoms with E-state index in [1.165, 1.54) is 11.8 Å². The molecule has 0 atom stereocenters. The molecule has 2 aromatic heterocycles. The highest BCUT2D eigenvalue weighted by Gasteiger charge is 2.14. The summed E-state index contributed by atoms with van der Waals surface area (Å²) in [4.78, 5) is 21.0. The summed E-state index contributed by atoms with van der Waals surface area (Å²) >= 11 is 7.61. The van der Waals surface area contributed by atoms with Crippen molar-refractivity contribution in [3.63, 3.8) is 0 Å². The van der Waals surface area contributed by atoms with Gasteiger partial charge in [0.15, 0.2) is 0 Å². The minimum Gasteiger partial charge on any atom is -0.495 e. The fourth-order valence-electron chi connectivity index (χ4n) is 2.25. The molecular formula is C19H16ClN3O2S. The van der Waals surface area contributed by atoms with Crippen LogP contribution in [0.4, 0.5) is 5.69 Å². The van der Waals surface area contributed by atoms with E-state index in [2.05, 4.69) is 15.3 Å². The summed E-state index contributed by atoms with van der Waals surface area (Å²) in [5, 5.41) is 3.95. The number of benzene rings is 1. The number of halogens is 1. The summed E-state index contributed by atoms with van der Waals surface area (Å²) in [5.41, 5.74) is 2.22. The number of amides is 1. The molecule has 1 amide bonds. The number of nitrogens with one attached hydrogen (secondary N) is 1. The van der Waals surface area contributed by atoms with E-state index in [0.717, 1.165) is 5.56 Å². The molecule has 1 aromatic carbocycles. The number of methoxy groups -OCH3 is 1. The fraction of sp³-hybridized carbons (Fsp3) is 0.105. The maximum absolute atomic E-state index is 12.7. The molecule has 0 aliphatic carbocycles. The predicted octanol–water partition coefficient (Wildman–Crippen LogP) is 4.68. The third kappa shape index (κ3) is 4.53. The molecule has 0 spiro atoms. The zero-order chi connectivity index (χ0) is 18.4. The van der Waals surface area contributed by atoms with Crippen LogP contribution in [0.5, 0.6) is 5.75 Å². The number of hydrogen-bond acceptors (Lipinski definition) is 5. The molecule has 2 heterocycles. The molecule has 5 nitrogen and oxygen atoms in total. The van der Waals surface area contributed by atoms with Crippen LogP contribution in [0, 0.1) is 0 Å². The first-order valence-electron chi connectivity index (χ1n) is 7.79. The van der Waals surface area contributed by atoms with Crippen LogP contribution in [0.2, 0.25) is 5.02 Å². The van der Waals surface area contributed by atoms with E-state index in [9.17, 15) is 4.79 Å². The Hall–Kier alpha value is -2.57. The average molecular weight is 386 g/mol. The van der Waals surface area contributed by atoms with Crippen molar-refractivity contribution in [3.8, 4) is 5.75 Å². The predicted molar refractivity (Wildman–Crippen MR) is 104 cm³/mol. The number of carbonyl (C=O) groups is 1. The molecule has 0 saturated carbocycles. The van der Waals surface area contributed by atoms with Gasteiger partial charge in [-0.2, -0.15) is 0 Å². The Bertz CT molecular complexity index is 906. The smallest absolute Gasteiger partial charge is 0.258 e. The number of thioether (sulfide) groups is 1. The van der Waals surface area contributed by atoms with Gasteiger partial charge in [-0.05, 0) is 48.0 Å². The number of ether oxygens (including phenoxy) is 1. The summed E-state index contributed by atoms with van der Waals surface area (Å²) in [6.45, 7) is 0. The Morgan fingerprint density at radius 3 is 2.73 bits per heavy atom. The highest BCUT2D eigenvalue weighted by Crippen LogP contribution is 2.28. The van der Waals surface area contributed by atoms with Gasteiger partial charge in [-0.15, -0.1) is 11.8 Å². The number of carbonyl (C=O) groups excluding carboxylic acids is 1. The molecule has 0 aliphatic rings. The van der Waals surface area contributed by atoms with Crippen LogP contribution in [0.3, 0.4) is 0 Å². The van der Waals surface area contributed by atoms with E-state index >= 15 is 0 Å². The summed E-state index contributed by atoms with van der Waals surface area (Å²) in [5.74, 6) is 1.02. The molecule has 0 bridgehead atoms. The van der Waals surface area contributed by atoms with E-state index in [1.807, 2.05) is 12.1 Å². The normalized spacial score (nSPS) is 10.4. The van der Waals surface area contributed by atoms with Gasteiger partial charge in [0.05, 0.1) is 17.7 Å². The van der Waals surface area contributed by atoms with Gasteiger partial charge in [-0.3, -0.25) is 9.78 Å². The summed E-state index contributed by atoms with van der Waals surface area (Å²) < 4.78 is 5.12. The van der Waals surface area contributed by atoms with Gasteiger partial charge in [-0.25, -0.2) is 4.98 Å². The van der Waals surface area contributed by atoms with Gasteiger partial charge in [0, 0.05) is 30.0 Å². The van der Waals surface area contributed by atoms with Gasteiger partial charge < -0.3 is 10.1 Å². The van der Waals surface area contributed by atoms with Crippen molar-refractivity contribution in [2.75, 3.05) is 12.4 Å². The average Bonchev–Trinajstić information content (AvgIpc) is 2.67. The Morgan fingerprint density at radius 1 is 1.19 bits per heavy atom. The molecule has 0 unspecified atom stereocenters.